The van der Waals surface area contributed by atoms with Crippen molar-refractivity contribution in [1.82, 2.24) is 5.32 Å². The number of phenolic OH excluding ortho intramolecular Hbond substituents is 1. The summed E-state index contributed by atoms with van der Waals surface area (Å²) in [6.07, 6.45) is 2.10. The zero-order chi connectivity index (χ0) is 11.5. The Morgan fingerprint density at radius 3 is 2.94 bits per heavy atom. The highest BCUT2D eigenvalue weighted by atomic mass is 19.1. The minimum atomic E-state index is -0.662. The first-order valence-corrected chi connectivity index (χ1v) is 5.50. The summed E-state index contributed by atoms with van der Waals surface area (Å²) in [4.78, 5) is 0. The quantitative estimate of drug-likeness (QED) is 0.809. The number of methoxy groups -OCH3 is 1. The summed E-state index contributed by atoms with van der Waals surface area (Å²) in [5.41, 5.74) is 0.838. The Morgan fingerprint density at radius 1 is 1.50 bits per heavy atom. The van der Waals surface area contributed by atoms with E-state index in [9.17, 15) is 9.50 Å². The van der Waals surface area contributed by atoms with Crippen molar-refractivity contribution in [1.29, 1.82) is 0 Å². The summed E-state index contributed by atoms with van der Waals surface area (Å²) in [5.74, 6) is -0.581. The molecule has 1 heterocycles. The fourth-order valence-corrected chi connectivity index (χ4v) is 2.21. The van der Waals surface area contributed by atoms with Crippen molar-refractivity contribution >= 4 is 0 Å². The van der Waals surface area contributed by atoms with E-state index in [2.05, 4.69) is 5.32 Å². The number of hydrogen-bond acceptors (Lipinski definition) is 3. The van der Waals surface area contributed by atoms with E-state index in [0.717, 1.165) is 31.5 Å². The molecule has 0 aromatic heterocycles. The highest BCUT2D eigenvalue weighted by molar-refractivity contribution is 5.44. The minimum Gasteiger partial charge on any atom is -0.505 e. The van der Waals surface area contributed by atoms with Crippen LogP contribution in [0.5, 0.6) is 11.5 Å². The Labute approximate surface area is 94.2 Å². The van der Waals surface area contributed by atoms with Gasteiger partial charge in [0, 0.05) is 18.0 Å². The maximum Gasteiger partial charge on any atom is 0.206 e. The lowest BCUT2D eigenvalue weighted by atomic mass is 9.91. The van der Waals surface area contributed by atoms with Gasteiger partial charge in [0.2, 0.25) is 5.82 Å². The maximum absolute atomic E-state index is 13.6. The molecule has 0 radical (unpaired) electrons. The molecule has 4 heteroatoms. The molecule has 1 aliphatic rings. The molecule has 0 spiro atoms. The van der Waals surface area contributed by atoms with E-state index < -0.39 is 5.82 Å². The van der Waals surface area contributed by atoms with E-state index in [1.165, 1.54) is 13.2 Å². The summed E-state index contributed by atoms with van der Waals surface area (Å²) in [7, 11) is 1.43. The van der Waals surface area contributed by atoms with Crippen molar-refractivity contribution in [2.75, 3.05) is 20.2 Å². The molecule has 1 unspecified atom stereocenters. The van der Waals surface area contributed by atoms with Crippen molar-refractivity contribution in [2.45, 2.75) is 18.8 Å². The zero-order valence-corrected chi connectivity index (χ0v) is 9.29. The molecule has 1 fully saturated rings. The van der Waals surface area contributed by atoms with Gasteiger partial charge in [0.1, 0.15) is 0 Å². The first-order chi connectivity index (χ1) is 7.74. The zero-order valence-electron chi connectivity index (χ0n) is 9.29. The van der Waals surface area contributed by atoms with Crippen LogP contribution in [0.4, 0.5) is 4.39 Å². The fourth-order valence-electron chi connectivity index (χ4n) is 2.21. The highest BCUT2D eigenvalue weighted by Crippen LogP contribution is 2.36. The van der Waals surface area contributed by atoms with Crippen LogP contribution in [-0.2, 0) is 0 Å². The summed E-state index contributed by atoms with van der Waals surface area (Å²) in [6, 6.07) is 3.14. The lowest BCUT2D eigenvalue weighted by Gasteiger charge is -2.24. The standard InChI is InChI=1S/C12H16FNO2/c1-16-12-9(4-5-10(15)11(12)13)8-3-2-6-14-7-8/h4-5,8,14-15H,2-3,6-7H2,1H3. The average Bonchev–Trinajstić information content (AvgIpc) is 2.33. The Balaban J connectivity index is 2.35. The van der Waals surface area contributed by atoms with Gasteiger partial charge in [-0.2, -0.15) is 4.39 Å². The van der Waals surface area contributed by atoms with Crippen molar-refractivity contribution in [2.24, 2.45) is 0 Å². The van der Waals surface area contributed by atoms with Crippen LogP contribution in [-0.4, -0.2) is 25.3 Å². The third kappa shape index (κ3) is 1.97. The number of phenols is 1. The van der Waals surface area contributed by atoms with Gasteiger partial charge in [-0.25, -0.2) is 0 Å². The minimum absolute atomic E-state index is 0.175. The normalized spacial score (nSPS) is 20.8. The molecule has 0 amide bonds. The molecule has 1 aromatic rings. The molecule has 3 nitrogen and oxygen atoms in total. The van der Waals surface area contributed by atoms with Crippen LogP contribution in [0.3, 0.4) is 0 Å². The second-order valence-electron chi connectivity index (χ2n) is 4.06. The largest absolute Gasteiger partial charge is 0.505 e. The van der Waals surface area contributed by atoms with Crippen LogP contribution in [0.2, 0.25) is 0 Å². The molecular weight excluding hydrogens is 209 g/mol. The van der Waals surface area contributed by atoms with Crippen LogP contribution < -0.4 is 10.1 Å². The van der Waals surface area contributed by atoms with Gasteiger partial charge < -0.3 is 15.2 Å². The summed E-state index contributed by atoms with van der Waals surface area (Å²) in [5, 5.41) is 12.6. The van der Waals surface area contributed by atoms with Gasteiger partial charge in [0.25, 0.3) is 0 Å². The number of aromatic hydroxyl groups is 1. The van der Waals surface area contributed by atoms with Gasteiger partial charge >= 0.3 is 0 Å². The molecule has 0 saturated carbocycles. The summed E-state index contributed by atoms with van der Waals surface area (Å²) < 4.78 is 18.7. The number of ether oxygens (including phenoxy) is 1. The van der Waals surface area contributed by atoms with Gasteiger partial charge in [0.05, 0.1) is 7.11 Å². The van der Waals surface area contributed by atoms with E-state index in [1.54, 1.807) is 6.07 Å². The smallest absolute Gasteiger partial charge is 0.206 e. The van der Waals surface area contributed by atoms with Gasteiger partial charge in [-0.1, -0.05) is 6.07 Å². The molecule has 1 saturated heterocycles. The van der Waals surface area contributed by atoms with E-state index in [4.69, 9.17) is 4.74 Å². The lowest BCUT2D eigenvalue weighted by Crippen LogP contribution is -2.28. The SMILES string of the molecule is COc1c(C2CCCNC2)ccc(O)c1F. The Morgan fingerprint density at radius 2 is 2.31 bits per heavy atom. The van der Waals surface area contributed by atoms with Crippen LogP contribution in [0, 0.1) is 5.82 Å². The third-order valence-corrected chi connectivity index (χ3v) is 3.05. The fraction of sp³-hybridized carbons (Fsp3) is 0.500. The average molecular weight is 225 g/mol. The third-order valence-electron chi connectivity index (χ3n) is 3.05. The van der Waals surface area contributed by atoms with Crippen molar-refractivity contribution in [3.63, 3.8) is 0 Å². The Bertz CT molecular complexity index is 376. The van der Waals surface area contributed by atoms with Crippen molar-refractivity contribution < 1.29 is 14.2 Å². The number of piperidine rings is 1. The summed E-state index contributed by atoms with van der Waals surface area (Å²) >= 11 is 0. The Kier molecular flexibility index (Phi) is 3.29. The second-order valence-corrected chi connectivity index (χ2v) is 4.06. The first kappa shape index (κ1) is 11.2. The maximum atomic E-state index is 13.6. The van der Waals surface area contributed by atoms with E-state index in [-0.39, 0.29) is 17.4 Å². The van der Waals surface area contributed by atoms with Crippen LogP contribution in [0.1, 0.15) is 24.3 Å². The van der Waals surface area contributed by atoms with Gasteiger partial charge in [-0.3, -0.25) is 0 Å². The highest BCUT2D eigenvalue weighted by Gasteiger charge is 2.22. The first-order valence-electron chi connectivity index (χ1n) is 5.50. The number of halogens is 1. The van der Waals surface area contributed by atoms with Crippen molar-refractivity contribution in [3.8, 4) is 11.5 Å². The predicted molar refractivity (Wildman–Crippen MR) is 59.5 cm³/mol. The summed E-state index contributed by atoms with van der Waals surface area (Å²) in [6.45, 7) is 1.85. The van der Waals surface area contributed by atoms with Crippen LogP contribution in [0.15, 0.2) is 12.1 Å². The number of rotatable bonds is 2. The monoisotopic (exact) mass is 225 g/mol. The van der Waals surface area contributed by atoms with E-state index in [0.29, 0.717) is 0 Å². The molecule has 1 atom stereocenters. The Hall–Kier alpha value is -1.29. The lowest BCUT2D eigenvalue weighted by molar-refractivity contribution is 0.351. The molecular formula is C12H16FNO2. The topological polar surface area (TPSA) is 41.5 Å². The molecule has 0 aliphatic carbocycles. The van der Waals surface area contributed by atoms with Crippen LogP contribution in [0.25, 0.3) is 0 Å². The van der Waals surface area contributed by atoms with E-state index in [1.807, 2.05) is 0 Å². The number of nitrogens with one attached hydrogen (secondary N) is 1. The van der Waals surface area contributed by atoms with Crippen molar-refractivity contribution in [3.05, 3.63) is 23.5 Å². The molecule has 16 heavy (non-hydrogen) atoms. The molecule has 1 aromatic carbocycles. The molecule has 1 aliphatic heterocycles. The molecule has 2 N–H and O–H groups in total. The molecule has 0 bridgehead atoms. The second kappa shape index (κ2) is 4.70. The molecule has 88 valence electrons. The van der Waals surface area contributed by atoms with Crippen LogP contribution >= 0.6 is 0 Å². The number of benzene rings is 1. The van der Waals surface area contributed by atoms with Gasteiger partial charge in [-0.15, -0.1) is 0 Å². The van der Waals surface area contributed by atoms with Gasteiger partial charge in [-0.05, 0) is 25.5 Å². The number of hydrogen-bond donors (Lipinski definition) is 2. The van der Waals surface area contributed by atoms with Gasteiger partial charge in [0.15, 0.2) is 11.5 Å². The molecule has 2 rings (SSSR count). The predicted octanol–water partition coefficient (Wildman–Crippen LogP) is 2.01. The van der Waals surface area contributed by atoms with E-state index >= 15 is 0 Å².